The molecule has 0 amide bonds. The lowest BCUT2D eigenvalue weighted by Crippen LogP contribution is -1.93. The zero-order chi connectivity index (χ0) is 50.6. The number of pyridine rings is 1. The third-order valence-corrected chi connectivity index (χ3v) is 14.2. The Labute approximate surface area is 443 Å². The molecule has 3 heterocycles. The van der Waals surface area contributed by atoms with Gasteiger partial charge < -0.3 is 0 Å². The van der Waals surface area contributed by atoms with E-state index in [4.69, 9.17) is 15.2 Å². The van der Waals surface area contributed by atoms with Crippen molar-refractivity contribution in [3.63, 3.8) is 0 Å². The number of nitrogens with zero attached hydrogens (tertiary/aromatic N) is 5. The second kappa shape index (κ2) is 20.3. The molecule has 0 atom stereocenters. The standard InChI is InChI=1S/C71H49N5/c1-5-19-50(20-6-1)52-33-35-53(36-34-52)56-39-55(51-21-7-2-8-22-51)40-60(41-56)71-38-37-54(45-72-71)65-27-13-14-28-66(65)57-42-58(67-29-15-17-31-69(67)61-46-73-75(48-61)63-23-9-3-10-24-63)44-59(43-57)68-30-16-18-32-70(68)62-47-74-76(49-62)64-25-11-4-12-26-64/h1-49H. The van der Waals surface area contributed by atoms with Crippen LogP contribution in [0.1, 0.15) is 0 Å². The topological polar surface area (TPSA) is 48.5 Å². The van der Waals surface area contributed by atoms with Crippen molar-refractivity contribution in [2.75, 3.05) is 0 Å². The van der Waals surface area contributed by atoms with Gasteiger partial charge in [-0.05, 0) is 150 Å². The van der Waals surface area contributed by atoms with Crippen molar-refractivity contribution in [1.29, 1.82) is 0 Å². The van der Waals surface area contributed by atoms with Crippen LogP contribution >= 0.6 is 0 Å². The minimum absolute atomic E-state index is 0.907. The van der Waals surface area contributed by atoms with Crippen molar-refractivity contribution in [3.05, 3.63) is 298 Å². The van der Waals surface area contributed by atoms with E-state index >= 15 is 0 Å². The third-order valence-electron chi connectivity index (χ3n) is 14.2. The van der Waals surface area contributed by atoms with Crippen molar-refractivity contribution < 1.29 is 0 Å². The molecule has 0 N–H and O–H groups in total. The van der Waals surface area contributed by atoms with Gasteiger partial charge in [0.05, 0.1) is 29.5 Å². The number of para-hydroxylation sites is 2. The fourth-order valence-corrected chi connectivity index (χ4v) is 10.4. The van der Waals surface area contributed by atoms with Crippen LogP contribution in [0.15, 0.2) is 298 Å². The molecule has 10 aromatic carbocycles. The van der Waals surface area contributed by atoms with E-state index < -0.39 is 0 Å². The Hall–Kier alpha value is -10.2. The molecular weight excluding hydrogens is 923 g/mol. The third kappa shape index (κ3) is 9.25. The van der Waals surface area contributed by atoms with Gasteiger partial charge in [0.2, 0.25) is 0 Å². The molecule has 0 aliphatic heterocycles. The van der Waals surface area contributed by atoms with Crippen molar-refractivity contribution in [1.82, 2.24) is 24.5 Å². The molecule has 0 saturated heterocycles. The van der Waals surface area contributed by atoms with Gasteiger partial charge in [0.1, 0.15) is 0 Å². The van der Waals surface area contributed by atoms with Crippen LogP contribution in [-0.4, -0.2) is 24.5 Å². The van der Waals surface area contributed by atoms with Crippen LogP contribution < -0.4 is 0 Å². The fourth-order valence-electron chi connectivity index (χ4n) is 10.4. The second-order valence-electron chi connectivity index (χ2n) is 19.0. The van der Waals surface area contributed by atoms with Crippen LogP contribution in [0, 0.1) is 0 Å². The largest absolute Gasteiger partial charge is 0.256 e. The molecule has 358 valence electrons. The van der Waals surface area contributed by atoms with E-state index in [9.17, 15) is 0 Å². The molecule has 0 saturated carbocycles. The predicted molar refractivity (Wildman–Crippen MR) is 313 cm³/mol. The maximum atomic E-state index is 5.24. The van der Waals surface area contributed by atoms with Crippen molar-refractivity contribution >= 4 is 0 Å². The maximum absolute atomic E-state index is 5.24. The SMILES string of the molecule is c1ccc(-c2ccc(-c3cc(-c4ccccc4)cc(-c4ccc(-c5ccccc5-c5cc(-c6ccccc6-c6cnn(-c7ccccc7)c6)cc(-c6ccccc6-c6cnn(-c7ccccc7)c6)c5)cn4)c3)cc2)cc1. The predicted octanol–water partition coefficient (Wildman–Crippen LogP) is 18.1. The molecule has 5 nitrogen and oxygen atoms in total. The monoisotopic (exact) mass is 971 g/mol. The van der Waals surface area contributed by atoms with E-state index in [0.29, 0.717) is 0 Å². The Kier molecular flexibility index (Phi) is 12.2. The van der Waals surface area contributed by atoms with Crippen molar-refractivity contribution in [3.8, 4) is 123 Å². The van der Waals surface area contributed by atoms with E-state index in [1.165, 1.54) is 11.1 Å². The molecule has 76 heavy (non-hydrogen) atoms. The maximum Gasteiger partial charge on any atom is 0.0702 e. The first-order valence-electron chi connectivity index (χ1n) is 25.6. The molecule has 0 bridgehead atoms. The smallest absolute Gasteiger partial charge is 0.0702 e. The fraction of sp³-hybridized carbons (Fsp3) is 0. The Bertz CT molecular complexity index is 3980. The van der Waals surface area contributed by atoms with Crippen LogP contribution in [0.4, 0.5) is 0 Å². The van der Waals surface area contributed by atoms with Gasteiger partial charge >= 0.3 is 0 Å². The van der Waals surface area contributed by atoms with Gasteiger partial charge in [-0.1, -0.05) is 200 Å². The zero-order valence-corrected chi connectivity index (χ0v) is 41.5. The van der Waals surface area contributed by atoms with Gasteiger partial charge in [0.25, 0.3) is 0 Å². The van der Waals surface area contributed by atoms with Gasteiger partial charge in [-0.25, -0.2) is 9.36 Å². The number of hydrogen-bond acceptors (Lipinski definition) is 3. The first kappa shape index (κ1) is 45.6. The molecule has 0 radical (unpaired) electrons. The highest BCUT2D eigenvalue weighted by atomic mass is 15.3. The van der Waals surface area contributed by atoms with Gasteiger partial charge in [0.15, 0.2) is 0 Å². The molecule has 0 aliphatic carbocycles. The normalized spacial score (nSPS) is 11.2. The average Bonchev–Trinajstić information content (AvgIpc) is 4.23. The highest BCUT2D eigenvalue weighted by Gasteiger charge is 2.18. The minimum atomic E-state index is 0.907. The van der Waals surface area contributed by atoms with Crippen molar-refractivity contribution in [2.45, 2.75) is 0 Å². The highest BCUT2D eigenvalue weighted by molar-refractivity contribution is 5.94. The van der Waals surface area contributed by atoms with Crippen LogP contribution in [0.25, 0.3) is 123 Å². The number of rotatable bonds is 12. The van der Waals surface area contributed by atoms with E-state index in [1.54, 1.807) is 0 Å². The molecule has 3 aromatic heterocycles. The minimum Gasteiger partial charge on any atom is -0.256 e. The first-order valence-corrected chi connectivity index (χ1v) is 25.6. The van der Waals surface area contributed by atoms with E-state index in [0.717, 1.165) is 112 Å². The quantitative estimate of drug-likeness (QED) is 0.123. The Morgan fingerprint density at radius 1 is 0.211 bits per heavy atom. The van der Waals surface area contributed by atoms with Crippen LogP contribution in [0.2, 0.25) is 0 Å². The molecule has 0 aliphatic rings. The lowest BCUT2D eigenvalue weighted by atomic mass is 9.87. The Morgan fingerprint density at radius 2 is 0.513 bits per heavy atom. The summed E-state index contributed by atoms with van der Waals surface area (Å²) < 4.78 is 3.89. The van der Waals surface area contributed by atoms with Gasteiger partial charge in [-0.15, -0.1) is 0 Å². The summed E-state index contributed by atoms with van der Waals surface area (Å²) in [5.41, 5.74) is 24.0. The summed E-state index contributed by atoms with van der Waals surface area (Å²) in [6.45, 7) is 0. The van der Waals surface area contributed by atoms with E-state index in [-0.39, 0.29) is 0 Å². The molecular formula is C71H49N5. The van der Waals surface area contributed by atoms with Crippen LogP contribution in [0.3, 0.4) is 0 Å². The lowest BCUT2D eigenvalue weighted by molar-refractivity contribution is 0.881. The summed E-state index contributed by atoms with van der Waals surface area (Å²) in [5.74, 6) is 0. The molecule has 5 heteroatoms. The highest BCUT2D eigenvalue weighted by Crippen LogP contribution is 2.43. The molecule has 0 spiro atoms. The summed E-state index contributed by atoms with van der Waals surface area (Å²) >= 11 is 0. The number of aromatic nitrogens is 5. The van der Waals surface area contributed by atoms with Gasteiger partial charge in [-0.2, -0.15) is 10.2 Å². The number of hydrogen-bond donors (Lipinski definition) is 0. The number of benzene rings is 10. The average molecular weight is 972 g/mol. The van der Waals surface area contributed by atoms with Gasteiger partial charge in [0, 0.05) is 40.8 Å². The summed E-state index contributed by atoms with van der Waals surface area (Å²) in [4.78, 5) is 5.24. The van der Waals surface area contributed by atoms with E-state index in [1.807, 2.05) is 64.4 Å². The Balaban J connectivity index is 0.913. The summed E-state index contributed by atoms with van der Waals surface area (Å²) in [6.07, 6.45) is 10.2. The molecule has 0 fully saturated rings. The summed E-state index contributed by atoms with van der Waals surface area (Å²) in [6, 6.07) is 94.7. The second-order valence-corrected chi connectivity index (χ2v) is 19.0. The Morgan fingerprint density at radius 3 is 0.921 bits per heavy atom. The van der Waals surface area contributed by atoms with Gasteiger partial charge in [-0.3, -0.25) is 4.98 Å². The lowest BCUT2D eigenvalue weighted by Gasteiger charge is -2.17. The molecule has 0 unspecified atom stereocenters. The van der Waals surface area contributed by atoms with Crippen LogP contribution in [0.5, 0.6) is 0 Å². The summed E-state index contributed by atoms with van der Waals surface area (Å²) in [5, 5.41) is 9.64. The van der Waals surface area contributed by atoms with Crippen LogP contribution in [-0.2, 0) is 0 Å². The zero-order valence-electron chi connectivity index (χ0n) is 41.5. The summed E-state index contributed by atoms with van der Waals surface area (Å²) in [7, 11) is 0. The first-order chi connectivity index (χ1) is 37.6. The van der Waals surface area contributed by atoms with E-state index in [2.05, 4.69) is 243 Å². The van der Waals surface area contributed by atoms with Crippen molar-refractivity contribution in [2.24, 2.45) is 0 Å². The molecule has 13 rings (SSSR count). The molecule has 13 aromatic rings.